The second kappa shape index (κ2) is 15.3. The van der Waals surface area contributed by atoms with Crippen molar-refractivity contribution in [2.75, 3.05) is 0 Å². The first-order valence-electron chi connectivity index (χ1n) is 22.4. The van der Waals surface area contributed by atoms with Gasteiger partial charge in [-0.3, -0.25) is 0 Å². The summed E-state index contributed by atoms with van der Waals surface area (Å²) in [5.41, 5.74) is 20.2. The first-order valence-corrected chi connectivity index (χ1v) is 25.6. The van der Waals surface area contributed by atoms with E-state index in [1.807, 2.05) is 0 Å². The first-order chi connectivity index (χ1) is 32.2. The summed E-state index contributed by atoms with van der Waals surface area (Å²) in [6.45, 7) is 0. The maximum absolute atomic E-state index is 2.53. The van der Waals surface area contributed by atoms with E-state index in [2.05, 4.69) is 253 Å². The average molecular weight is 941 g/mol. The van der Waals surface area contributed by atoms with E-state index >= 15 is 0 Å². The standard InChI is InChI=1S/C63H39Ge2/c64-58-36-11-8-24-45(58)41-19-13-18-40(38-41)44-27-14-29-49-55(44)39-56-46(52-32-17-33-53-48-26-9-12-37-59(48)65-62(52)53)28-15-30-50(56)60(49)54-34-16-31-51-47-25-7-10-35-57(47)63(61(51)54,42-20-3-1-4-21-42)43-22-5-2-6-23-43/h1-39H. The average Bonchev–Trinajstić information content (AvgIpc) is 3.91. The van der Waals surface area contributed by atoms with Gasteiger partial charge in [0.15, 0.2) is 0 Å². The monoisotopic (exact) mass is 943 g/mol. The van der Waals surface area contributed by atoms with E-state index in [1.54, 1.807) is 0 Å². The summed E-state index contributed by atoms with van der Waals surface area (Å²) in [5.74, 6) is 0. The van der Waals surface area contributed by atoms with Gasteiger partial charge < -0.3 is 0 Å². The normalized spacial score (nSPS) is 13.1. The summed E-state index contributed by atoms with van der Waals surface area (Å²) in [6, 6.07) is 89.3. The van der Waals surface area contributed by atoms with Crippen LogP contribution >= 0.6 is 0 Å². The third-order valence-electron chi connectivity index (χ3n) is 14.0. The van der Waals surface area contributed by atoms with Crippen LogP contribution in [0.5, 0.6) is 0 Å². The van der Waals surface area contributed by atoms with Crippen molar-refractivity contribution in [2.24, 2.45) is 0 Å². The number of hydrogen-bond donors (Lipinski definition) is 0. The van der Waals surface area contributed by atoms with Crippen molar-refractivity contribution >= 4 is 66.7 Å². The van der Waals surface area contributed by atoms with Gasteiger partial charge >= 0.3 is 386 Å². The van der Waals surface area contributed by atoms with E-state index in [0.29, 0.717) is 0 Å². The molecule has 0 nitrogen and oxygen atoms in total. The molecule has 5 radical (unpaired) electrons. The van der Waals surface area contributed by atoms with Crippen LogP contribution in [0.15, 0.2) is 237 Å². The number of benzene rings is 11. The van der Waals surface area contributed by atoms with Gasteiger partial charge in [-0.1, -0.05) is 12.1 Å². The Morgan fingerprint density at radius 3 is 1.54 bits per heavy atom. The molecule has 0 spiro atoms. The second-order valence-electron chi connectivity index (χ2n) is 17.3. The van der Waals surface area contributed by atoms with Crippen LogP contribution in [0.2, 0.25) is 0 Å². The van der Waals surface area contributed by atoms with Gasteiger partial charge in [0.1, 0.15) is 0 Å². The summed E-state index contributed by atoms with van der Waals surface area (Å²) >= 11 is 1.68. The van der Waals surface area contributed by atoms with Crippen molar-refractivity contribution in [3.05, 3.63) is 259 Å². The van der Waals surface area contributed by atoms with Gasteiger partial charge in [0, 0.05) is 0 Å². The molecule has 1 heterocycles. The van der Waals surface area contributed by atoms with Gasteiger partial charge in [-0.25, -0.2) is 0 Å². The fourth-order valence-corrected chi connectivity index (χ4v) is 15.2. The third-order valence-corrected chi connectivity index (χ3v) is 18.1. The Balaban J connectivity index is 1.17. The third kappa shape index (κ3) is 5.83. The van der Waals surface area contributed by atoms with Crippen molar-refractivity contribution in [1.29, 1.82) is 0 Å². The molecule has 0 bridgehead atoms. The molecule has 0 saturated heterocycles. The van der Waals surface area contributed by atoms with E-state index in [-0.39, 0.29) is 0 Å². The van der Waals surface area contributed by atoms with Crippen molar-refractivity contribution in [3.8, 4) is 66.8 Å². The van der Waals surface area contributed by atoms with Crippen LogP contribution in [0.25, 0.3) is 88.3 Å². The Kier molecular flexibility index (Phi) is 9.08. The van der Waals surface area contributed by atoms with Gasteiger partial charge in [-0.05, 0) is 0 Å². The molecule has 11 aromatic carbocycles. The van der Waals surface area contributed by atoms with Crippen molar-refractivity contribution < 1.29 is 0 Å². The zero-order valence-corrected chi connectivity index (χ0v) is 39.7. The SMILES string of the molecule is [Ge][c]1ccccc1-c1cccc(-c2cccc3c(-c4cccc5c4C(c4ccccc4)(c4ccccc4)c4ccccc4-5)c4cccc(-c5cccc6[c]5[Ge][c]5ccccc5-6)c4cc23)c1. The topological polar surface area (TPSA) is 0 Å². The molecule has 0 N–H and O–H groups in total. The molecule has 0 amide bonds. The molecule has 1 aliphatic carbocycles. The van der Waals surface area contributed by atoms with E-state index in [1.165, 1.54) is 124 Å². The van der Waals surface area contributed by atoms with Crippen molar-refractivity contribution in [3.63, 3.8) is 0 Å². The quantitative estimate of drug-likeness (QED) is 0.115. The van der Waals surface area contributed by atoms with Gasteiger partial charge in [0.25, 0.3) is 0 Å². The molecule has 1 aliphatic heterocycles. The molecule has 13 rings (SSSR count). The summed E-state index contributed by atoms with van der Waals surface area (Å²) in [5, 5.41) is 5.07. The van der Waals surface area contributed by atoms with Crippen LogP contribution in [0, 0.1) is 0 Å². The van der Waals surface area contributed by atoms with Gasteiger partial charge in [-0.2, -0.15) is 0 Å². The van der Waals surface area contributed by atoms with Gasteiger partial charge in [-0.15, -0.1) is 0 Å². The molecule has 0 unspecified atom stereocenters. The van der Waals surface area contributed by atoms with Gasteiger partial charge in [0.05, 0.1) is 0 Å². The van der Waals surface area contributed by atoms with E-state index in [4.69, 9.17) is 0 Å². The Bertz CT molecular complexity index is 3660. The minimum atomic E-state index is -0.562. The Morgan fingerprint density at radius 2 is 0.815 bits per heavy atom. The number of hydrogen-bond acceptors (Lipinski definition) is 0. The van der Waals surface area contributed by atoms with E-state index < -0.39 is 20.8 Å². The van der Waals surface area contributed by atoms with Gasteiger partial charge in [0.2, 0.25) is 0 Å². The summed E-state index contributed by atoms with van der Waals surface area (Å²) in [7, 11) is 0. The first kappa shape index (κ1) is 38.5. The van der Waals surface area contributed by atoms with Crippen LogP contribution in [-0.4, -0.2) is 31.9 Å². The zero-order valence-electron chi connectivity index (χ0n) is 35.5. The molecular weight excluding hydrogens is 902 g/mol. The Labute approximate surface area is 395 Å². The molecule has 0 aromatic heterocycles. The van der Waals surface area contributed by atoms with Crippen LogP contribution in [-0.2, 0) is 5.41 Å². The van der Waals surface area contributed by atoms with Crippen molar-refractivity contribution in [1.82, 2.24) is 0 Å². The summed E-state index contributed by atoms with van der Waals surface area (Å²) in [4.78, 5) is 0. The van der Waals surface area contributed by atoms with Crippen molar-refractivity contribution in [2.45, 2.75) is 5.41 Å². The molecule has 0 saturated carbocycles. The second-order valence-corrected chi connectivity index (χ2v) is 21.2. The molecule has 11 aromatic rings. The molecule has 2 aliphatic rings. The molecule has 65 heavy (non-hydrogen) atoms. The fourth-order valence-electron chi connectivity index (χ4n) is 11.3. The van der Waals surface area contributed by atoms with Crippen LogP contribution in [0.3, 0.4) is 0 Å². The van der Waals surface area contributed by atoms with E-state index in [9.17, 15) is 0 Å². The fraction of sp³-hybridized carbons (Fsp3) is 0.0159. The Morgan fingerprint density at radius 1 is 0.323 bits per heavy atom. The summed E-state index contributed by atoms with van der Waals surface area (Å²) in [6.07, 6.45) is 0. The van der Waals surface area contributed by atoms with Crippen LogP contribution in [0.4, 0.5) is 0 Å². The predicted octanol–water partition coefficient (Wildman–Crippen LogP) is 13.5. The molecule has 0 fully saturated rings. The predicted molar refractivity (Wildman–Crippen MR) is 276 cm³/mol. The number of rotatable bonds is 6. The molecule has 2 heteroatoms. The van der Waals surface area contributed by atoms with Crippen LogP contribution in [0.1, 0.15) is 22.3 Å². The Hall–Kier alpha value is -6.97. The maximum atomic E-state index is 2.53. The number of fused-ring (bicyclic) bond motifs is 8. The summed E-state index contributed by atoms with van der Waals surface area (Å²) < 4.78 is 4.33. The molecular formula is C63H39Ge2. The zero-order chi connectivity index (χ0) is 43.1. The molecule has 299 valence electrons. The minimum absolute atomic E-state index is 0.533. The van der Waals surface area contributed by atoms with E-state index in [0.717, 1.165) is 0 Å². The molecule has 0 atom stereocenters. The van der Waals surface area contributed by atoms with Crippen LogP contribution < -0.4 is 13.2 Å².